The summed E-state index contributed by atoms with van der Waals surface area (Å²) in [5, 5.41) is 22.3. The number of nitro groups is 2. The number of alkyl halides is 1. The van der Waals surface area contributed by atoms with Crippen molar-refractivity contribution in [3.63, 3.8) is 0 Å². The van der Waals surface area contributed by atoms with Crippen LogP contribution in [0.3, 0.4) is 0 Å². The lowest BCUT2D eigenvalue weighted by atomic mass is 10.1. The lowest BCUT2D eigenvalue weighted by Crippen LogP contribution is -2.26. The zero-order valence-corrected chi connectivity index (χ0v) is 11.8. The number of rotatable bonds is 8. The van der Waals surface area contributed by atoms with Gasteiger partial charge in [-0.1, -0.05) is 12.2 Å². The maximum atomic E-state index is 14.1. The molecule has 0 aliphatic carbocycles. The molecular weight excluding hydrogens is 319 g/mol. The molecule has 0 aliphatic rings. The van der Waals surface area contributed by atoms with E-state index in [0.29, 0.717) is 0 Å². The van der Waals surface area contributed by atoms with Gasteiger partial charge in [0, 0.05) is 13.1 Å². The summed E-state index contributed by atoms with van der Waals surface area (Å²) in [6.07, 6.45) is 2.46. The van der Waals surface area contributed by atoms with Crippen LogP contribution in [0.25, 0.3) is 0 Å². The smallest absolute Gasteiger partial charge is 0.335 e. The Labute approximate surface area is 128 Å². The second-order valence-electron chi connectivity index (χ2n) is 4.28. The van der Waals surface area contributed by atoms with Crippen molar-refractivity contribution in [3.8, 4) is 0 Å². The van der Waals surface area contributed by atoms with E-state index in [-0.39, 0.29) is 13.1 Å². The number of benzene rings is 1. The van der Waals surface area contributed by atoms with Gasteiger partial charge in [-0.15, -0.1) is 13.2 Å². The van der Waals surface area contributed by atoms with Gasteiger partial charge in [-0.2, -0.15) is 8.78 Å². The van der Waals surface area contributed by atoms with Crippen LogP contribution < -0.4 is 4.90 Å². The van der Waals surface area contributed by atoms with Gasteiger partial charge < -0.3 is 4.90 Å². The molecule has 7 nitrogen and oxygen atoms in total. The standard InChI is InChI=1S/C13H12F3N3O4/c1-3-5-17(6-4-2)13-11(18(20)21)9(15)8(7-14)10(16)12(13)19(22)23/h3-4H,1-2,5-7H2. The van der Waals surface area contributed by atoms with Crippen molar-refractivity contribution in [2.45, 2.75) is 6.67 Å². The van der Waals surface area contributed by atoms with E-state index in [1.807, 2.05) is 0 Å². The molecule has 1 rings (SSSR count). The Hall–Kier alpha value is -2.91. The summed E-state index contributed by atoms with van der Waals surface area (Å²) in [6, 6.07) is 0. The van der Waals surface area contributed by atoms with E-state index >= 15 is 0 Å². The molecule has 124 valence electrons. The van der Waals surface area contributed by atoms with E-state index in [1.54, 1.807) is 0 Å². The van der Waals surface area contributed by atoms with Crippen LogP contribution in [-0.4, -0.2) is 22.9 Å². The molecule has 1 aromatic rings. The molecule has 0 saturated heterocycles. The van der Waals surface area contributed by atoms with Crippen LogP contribution in [0.4, 0.5) is 30.2 Å². The molecule has 1 aromatic carbocycles. The third-order valence-corrected chi connectivity index (χ3v) is 2.91. The Morgan fingerprint density at radius 3 is 1.65 bits per heavy atom. The van der Waals surface area contributed by atoms with E-state index in [4.69, 9.17) is 0 Å². The van der Waals surface area contributed by atoms with Crippen LogP contribution in [0.5, 0.6) is 0 Å². The molecule has 0 unspecified atom stereocenters. The first kappa shape index (κ1) is 18.1. The van der Waals surface area contributed by atoms with Crippen LogP contribution in [0.15, 0.2) is 25.3 Å². The lowest BCUT2D eigenvalue weighted by molar-refractivity contribution is -0.396. The Kier molecular flexibility index (Phi) is 5.82. The number of hydrogen-bond acceptors (Lipinski definition) is 5. The molecule has 0 amide bonds. The van der Waals surface area contributed by atoms with Crippen LogP contribution in [-0.2, 0) is 6.67 Å². The zero-order chi connectivity index (χ0) is 17.7. The van der Waals surface area contributed by atoms with Crippen LogP contribution in [0.2, 0.25) is 0 Å². The van der Waals surface area contributed by atoms with Crippen LogP contribution >= 0.6 is 0 Å². The highest BCUT2D eigenvalue weighted by atomic mass is 19.1. The topological polar surface area (TPSA) is 89.5 Å². The van der Waals surface area contributed by atoms with Gasteiger partial charge in [-0.3, -0.25) is 20.2 Å². The van der Waals surface area contributed by atoms with Crippen molar-refractivity contribution < 1.29 is 23.0 Å². The number of nitrogens with zero attached hydrogens (tertiary/aromatic N) is 3. The Balaban J connectivity index is 3.95. The molecule has 0 aliphatic heterocycles. The second kappa shape index (κ2) is 7.38. The van der Waals surface area contributed by atoms with Gasteiger partial charge in [0.15, 0.2) is 0 Å². The minimum atomic E-state index is -1.78. The average Bonchev–Trinajstić information content (AvgIpc) is 2.45. The van der Waals surface area contributed by atoms with E-state index < -0.39 is 50.8 Å². The van der Waals surface area contributed by atoms with E-state index in [1.165, 1.54) is 12.2 Å². The SMILES string of the molecule is C=CCN(CC=C)c1c([N+](=O)[O-])c(F)c(CF)c(F)c1[N+](=O)[O-]. The number of halogens is 3. The summed E-state index contributed by atoms with van der Waals surface area (Å²) >= 11 is 0. The molecule has 0 aromatic heterocycles. The lowest BCUT2D eigenvalue weighted by Gasteiger charge is -2.22. The summed E-state index contributed by atoms with van der Waals surface area (Å²) in [5.74, 6) is -3.57. The molecular formula is C13H12F3N3O4. The first-order chi connectivity index (χ1) is 10.8. The van der Waals surface area contributed by atoms with Crippen LogP contribution in [0, 0.1) is 31.9 Å². The van der Waals surface area contributed by atoms with Crippen molar-refractivity contribution in [2.75, 3.05) is 18.0 Å². The molecule has 23 heavy (non-hydrogen) atoms. The Bertz CT molecular complexity index is 628. The maximum Gasteiger partial charge on any atom is 0.335 e. The normalized spacial score (nSPS) is 10.2. The minimum Gasteiger partial charge on any atom is -0.353 e. The van der Waals surface area contributed by atoms with E-state index in [0.717, 1.165) is 4.90 Å². The summed E-state index contributed by atoms with van der Waals surface area (Å²) in [6.45, 7) is 4.63. The largest absolute Gasteiger partial charge is 0.353 e. The molecule has 0 atom stereocenters. The predicted molar refractivity (Wildman–Crippen MR) is 77.1 cm³/mol. The highest BCUT2D eigenvalue weighted by Crippen LogP contribution is 2.43. The fourth-order valence-corrected chi connectivity index (χ4v) is 2.02. The summed E-state index contributed by atoms with van der Waals surface area (Å²) in [7, 11) is 0. The number of hydrogen-bond donors (Lipinski definition) is 0. The monoisotopic (exact) mass is 331 g/mol. The van der Waals surface area contributed by atoms with E-state index in [2.05, 4.69) is 13.2 Å². The van der Waals surface area contributed by atoms with Crippen molar-refractivity contribution in [1.29, 1.82) is 0 Å². The van der Waals surface area contributed by atoms with Gasteiger partial charge >= 0.3 is 11.4 Å². The quantitative estimate of drug-likeness (QED) is 0.413. The van der Waals surface area contributed by atoms with Crippen molar-refractivity contribution in [1.82, 2.24) is 0 Å². The molecule has 0 radical (unpaired) electrons. The Morgan fingerprint density at radius 2 is 1.39 bits per heavy atom. The minimum absolute atomic E-state index is 0.179. The van der Waals surface area contributed by atoms with Crippen molar-refractivity contribution >= 4 is 17.1 Å². The fraction of sp³-hybridized carbons (Fsp3) is 0.231. The first-order valence-corrected chi connectivity index (χ1v) is 6.17. The van der Waals surface area contributed by atoms with Gasteiger partial charge in [-0.25, -0.2) is 4.39 Å². The van der Waals surface area contributed by atoms with Gasteiger partial charge in [0.1, 0.15) is 6.67 Å². The fourth-order valence-electron chi connectivity index (χ4n) is 2.02. The molecule has 10 heteroatoms. The summed E-state index contributed by atoms with van der Waals surface area (Å²) in [5.41, 5.74) is -4.99. The first-order valence-electron chi connectivity index (χ1n) is 6.17. The average molecular weight is 331 g/mol. The zero-order valence-electron chi connectivity index (χ0n) is 11.8. The number of nitro benzene ring substituents is 2. The highest BCUT2D eigenvalue weighted by Gasteiger charge is 2.40. The van der Waals surface area contributed by atoms with Gasteiger partial charge in [0.25, 0.3) is 0 Å². The predicted octanol–water partition coefficient (Wildman–Crippen LogP) is 3.43. The van der Waals surface area contributed by atoms with Gasteiger partial charge in [0.05, 0.1) is 15.4 Å². The molecule has 0 bridgehead atoms. The summed E-state index contributed by atoms with van der Waals surface area (Å²) < 4.78 is 41.0. The third kappa shape index (κ3) is 3.30. The van der Waals surface area contributed by atoms with Crippen molar-refractivity contribution in [3.05, 3.63) is 62.7 Å². The van der Waals surface area contributed by atoms with Crippen molar-refractivity contribution in [2.24, 2.45) is 0 Å². The molecule has 0 saturated carbocycles. The highest BCUT2D eigenvalue weighted by molar-refractivity contribution is 5.77. The molecule has 0 spiro atoms. The van der Waals surface area contributed by atoms with Gasteiger partial charge in [-0.05, 0) is 0 Å². The molecule has 0 fully saturated rings. The second-order valence-corrected chi connectivity index (χ2v) is 4.28. The van der Waals surface area contributed by atoms with E-state index in [9.17, 15) is 33.4 Å². The number of anilines is 1. The third-order valence-electron chi connectivity index (χ3n) is 2.91. The Morgan fingerprint density at radius 1 is 1.00 bits per heavy atom. The maximum absolute atomic E-state index is 14.1. The van der Waals surface area contributed by atoms with Gasteiger partial charge in [0.2, 0.25) is 17.3 Å². The molecule has 0 heterocycles. The summed E-state index contributed by atoms with van der Waals surface area (Å²) in [4.78, 5) is 20.7. The van der Waals surface area contributed by atoms with Crippen LogP contribution in [0.1, 0.15) is 5.56 Å². The molecule has 0 N–H and O–H groups in total.